The third-order valence-corrected chi connectivity index (χ3v) is 5.66. The Morgan fingerprint density at radius 2 is 1.95 bits per heavy atom. The van der Waals surface area contributed by atoms with E-state index < -0.39 is 15.6 Å². The second-order valence-corrected chi connectivity index (χ2v) is 8.34. The van der Waals surface area contributed by atoms with Gasteiger partial charge in [-0.25, -0.2) is 18.1 Å². The summed E-state index contributed by atoms with van der Waals surface area (Å²) in [4.78, 5) is 3.72. The van der Waals surface area contributed by atoms with Crippen molar-refractivity contribution in [3.8, 4) is 0 Å². The second kappa shape index (κ2) is 5.55. The van der Waals surface area contributed by atoms with Gasteiger partial charge in [0.1, 0.15) is 10.7 Å². The van der Waals surface area contributed by atoms with Crippen molar-refractivity contribution in [2.45, 2.75) is 50.0 Å². The minimum Gasteiger partial charge on any atom is -0.389 e. The molecule has 1 fully saturated rings. The Morgan fingerprint density at radius 1 is 1.33 bits per heavy atom. The van der Waals surface area contributed by atoms with E-state index in [-0.39, 0.29) is 22.7 Å². The van der Waals surface area contributed by atoms with Crippen LogP contribution in [0.1, 0.15) is 39.5 Å². The highest BCUT2D eigenvalue weighted by molar-refractivity contribution is 7.89. The van der Waals surface area contributed by atoms with E-state index in [2.05, 4.69) is 23.6 Å². The highest BCUT2D eigenvalue weighted by Gasteiger charge is 2.37. The quantitative estimate of drug-likeness (QED) is 0.776. The lowest BCUT2D eigenvalue weighted by molar-refractivity contribution is -0.0205. The fourth-order valence-corrected chi connectivity index (χ4v) is 3.71. The Hall–Kier alpha value is -1.18. The maximum absolute atomic E-state index is 12.2. The molecule has 1 saturated carbocycles. The number of nitrogens with zero attached hydrogens (tertiary/aromatic N) is 1. The van der Waals surface area contributed by atoms with Gasteiger partial charge in [0.25, 0.3) is 0 Å². The van der Waals surface area contributed by atoms with Crippen LogP contribution in [0.4, 0.5) is 5.82 Å². The first-order valence-electron chi connectivity index (χ1n) is 7.06. The van der Waals surface area contributed by atoms with Gasteiger partial charge in [0, 0.05) is 12.7 Å². The maximum Gasteiger partial charge on any atom is 0.244 e. The molecule has 0 spiro atoms. The number of nitrogens with two attached hydrogens (primary N) is 1. The van der Waals surface area contributed by atoms with Crippen molar-refractivity contribution in [3.63, 3.8) is 0 Å². The Bertz CT molecular complexity index is 604. The van der Waals surface area contributed by atoms with Gasteiger partial charge in [0.15, 0.2) is 0 Å². The highest BCUT2D eigenvalue weighted by Crippen LogP contribution is 2.39. The summed E-state index contributed by atoms with van der Waals surface area (Å²) in [6, 6.07) is 2.92. The summed E-state index contributed by atoms with van der Waals surface area (Å²) < 4.78 is 26.9. The topological polar surface area (TPSA) is 105 Å². The van der Waals surface area contributed by atoms with Crippen molar-refractivity contribution < 1.29 is 13.5 Å². The molecule has 6 nitrogen and oxygen atoms in total. The molecule has 1 aliphatic carbocycles. The molecule has 2 rings (SSSR count). The van der Waals surface area contributed by atoms with E-state index in [0.717, 1.165) is 12.8 Å². The molecule has 7 heteroatoms. The standard InChI is InChI=1S/C14H23N3O3S/c1-13(2)5-7-14(18,8-6-13)10-17-21(19,20)11-4-3-9-16-12(11)15/h3-4,9,17-18H,5-8,10H2,1-2H3,(H2,15,16). The van der Waals surface area contributed by atoms with E-state index >= 15 is 0 Å². The Balaban J connectivity index is 2.04. The van der Waals surface area contributed by atoms with E-state index in [0.29, 0.717) is 12.8 Å². The average molecular weight is 313 g/mol. The molecule has 21 heavy (non-hydrogen) atoms. The van der Waals surface area contributed by atoms with Crippen LogP contribution < -0.4 is 10.5 Å². The molecule has 4 N–H and O–H groups in total. The third-order valence-electron chi connectivity index (χ3n) is 4.21. The molecule has 1 aromatic rings. The van der Waals surface area contributed by atoms with E-state index in [9.17, 15) is 13.5 Å². The van der Waals surface area contributed by atoms with Gasteiger partial charge in [-0.3, -0.25) is 0 Å². The number of aliphatic hydroxyl groups is 1. The third kappa shape index (κ3) is 3.93. The molecule has 0 aromatic carbocycles. The van der Waals surface area contributed by atoms with Crippen molar-refractivity contribution >= 4 is 15.8 Å². The van der Waals surface area contributed by atoms with Crippen LogP contribution in [-0.2, 0) is 10.0 Å². The summed E-state index contributed by atoms with van der Waals surface area (Å²) in [5.41, 5.74) is 4.81. The van der Waals surface area contributed by atoms with Crippen LogP contribution in [0.3, 0.4) is 0 Å². The fourth-order valence-electron chi connectivity index (χ4n) is 2.51. The smallest absolute Gasteiger partial charge is 0.244 e. The molecule has 0 unspecified atom stereocenters. The lowest BCUT2D eigenvalue weighted by Crippen LogP contribution is -2.46. The molecule has 118 valence electrons. The SMILES string of the molecule is CC1(C)CCC(O)(CNS(=O)(=O)c2cccnc2N)CC1. The molecule has 0 bridgehead atoms. The molecular formula is C14H23N3O3S. The first kappa shape index (κ1) is 16.2. The highest BCUT2D eigenvalue weighted by atomic mass is 32.2. The number of pyridine rings is 1. The second-order valence-electron chi connectivity index (χ2n) is 6.60. The summed E-state index contributed by atoms with van der Waals surface area (Å²) in [6.45, 7) is 4.32. The van der Waals surface area contributed by atoms with Crippen LogP contribution in [0.2, 0.25) is 0 Å². The lowest BCUT2D eigenvalue weighted by Gasteiger charge is -2.40. The molecule has 1 heterocycles. The largest absolute Gasteiger partial charge is 0.389 e. The lowest BCUT2D eigenvalue weighted by atomic mass is 9.71. The number of anilines is 1. The predicted molar refractivity (Wildman–Crippen MR) is 81.0 cm³/mol. The summed E-state index contributed by atoms with van der Waals surface area (Å²) in [6.07, 6.45) is 4.36. The summed E-state index contributed by atoms with van der Waals surface area (Å²) in [5, 5.41) is 10.5. The zero-order valence-corrected chi connectivity index (χ0v) is 13.3. The van der Waals surface area contributed by atoms with Crippen molar-refractivity contribution in [1.82, 2.24) is 9.71 Å². The zero-order chi connectivity index (χ0) is 15.7. The summed E-state index contributed by atoms with van der Waals surface area (Å²) in [5.74, 6) is -0.0400. The minimum absolute atomic E-state index is 0.000250. The molecule has 1 aromatic heterocycles. The zero-order valence-electron chi connectivity index (χ0n) is 12.5. The molecule has 0 amide bonds. The number of sulfonamides is 1. The van der Waals surface area contributed by atoms with E-state index in [1.165, 1.54) is 18.3 Å². The van der Waals surface area contributed by atoms with Crippen molar-refractivity contribution in [2.24, 2.45) is 5.41 Å². The van der Waals surface area contributed by atoms with Crippen molar-refractivity contribution in [3.05, 3.63) is 18.3 Å². The number of hydrogen-bond acceptors (Lipinski definition) is 5. The number of aromatic nitrogens is 1. The van der Waals surface area contributed by atoms with Crippen LogP contribution in [0, 0.1) is 5.41 Å². The number of hydrogen-bond donors (Lipinski definition) is 3. The molecule has 1 aliphatic rings. The minimum atomic E-state index is -3.75. The van der Waals surface area contributed by atoms with E-state index in [1.54, 1.807) is 0 Å². The summed E-state index contributed by atoms with van der Waals surface area (Å²) >= 11 is 0. The Kier molecular flexibility index (Phi) is 4.28. The Morgan fingerprint density at radius 3 is 2.52 bits per heavy atom. The number of nitrogen functional groups attached to an aromatic ring is 1. The van der Waals surface area contributed by atoms with Crippen LogP contribution in [-0.4, -0.2) is 30.7 Å². The van der Waals surface area contributed by atoms with E-state index in [4.69, 9.17) is 5.73 Å². The van der Waals surface area contributed by atoms with Crippen LogP contribution in [0.15, 0.2) is 23.2 Å². The van der Waals surface area contributed by atoms with Crippen LogP contribution in [0.5, 0.6) is 0 Å². The van der Waals surface area contributed by atoms with Gasteiger partial charge < -0.3 is 10.8 Å². The van der Waals surface area contributed by atoms with Crippen LogP contribution >= 0.6 is 0 Å². The van der Waals surface area contributed by atoms with Gasteiger partial charge >= 0.3 is 0 Å². The van der Waals surface area contributed by atoms with Crippen molar-refractivity contribution in [1.29, 1.82) is 0 Å². The van der Waals surface area contributed by atoms with Gasteiger partial charge in [-0.2, -0.15) is 0 Å². The van der Waals surface area contributed by atoms with Gasteiger partial charge in [0.05, 0.1) is 5.60 Å². The fraction of sp³-hybridized carbons (Fsp3) is 0.643. The summed E-state index contributed by atoms with van der Waals surface area (Å²) in [7, 11) is -3.75. The molecule has 0 atom stereocenters. The molecular weight excluding hydrogens is 290 g/mol. The van der Waals surface area contributed by atoms with Crippen LogP contribution in [0.25, 0.3) is 0 Å². The van der Waals surface area contributed by atoms with Gasteiger partial charge in [-0.1, -0.05) is 13.8 Å². The van der Waals surface area contributed by atoms with Gasteiger partial charge in [-0.15, -0.1) is 0 Å². The van der Waals surface area contributed by atoms with Gasteiger partial charge in [0.2, 0.25) is 10.0 Å². The molecule has 0 saturated heterocycles. The predicted octanol–water partition coefficient (Wildman–Crippen LogP) is 1.27. The van der Waals surface area contributed by atoms with E-state index in [1.807, 2.05) is 0 Å². The number of rotatable bonds is 4. The molecule has 0 aliphatic heterocycles. The van der Waals surface area contributed by atoms with Gasteiger partial charge in [-0.05, 0) is 43.2 Å². The average Bonchev–Trinajstić information content (AvgIpc) is 2.41. The normalized spacial score (nSPS) is 21.1. The Labute approximate surface area is 125 Å². The first-order chi connectivity index (χ1) is 9.64. The first-order valence-corrected chi connectivity index (χ1v) is 8.55. The maximum atomic E-state index is 12.2. The molecule has 0 radical (unpaired) electrons. The number of nitrogens with one attached hydrogen (secondary N) is 1. The van der Waals surface area contributed by atoms with Crippen molar-refractivity contribution in [2.75, 3.05) is 12.3 Å². The monoisotopic (exact) mass is 313 g/mol.